The summed E-state index contributed by atoms with van der Waals surface area (Å²) in [5.74, 6) is 0.343. The Labute approximate surface area is 142 Å². The van der Waals surface area contributed by atoms with Crippen LogP contribution in [-0.2, 0) is 0 Å². The topological polar surface area (TPSA) is 120 Å². The van der Waals surface area contributed by atoms with Crippen LogP contribution >= 0.6 is 0 Å². The molecule has 1 unspecified atom stereocenters. The molecule has 0 saturated carbocycles. The Morgan fingerprint density at radius 1 is 1.28 bits per heavy atom. The van der Waals surface area contributed by atoms with E-state index in [4.69, 9.17) is 4.74 Å². The van der Waals surface area contributed by atoms with E-state index in [2.05, 4.69) is 20.3 Å². The van der Waals surface area contributed by atoms with Crippen molar-refractivity contribution in [2.24, 2.45) is 0 Å². The Balaban J connectivity index is 1.88. The van der Waals surface area contributed by atoms with E-state index in [-0.39, 0.29) is 18.6 Å². The van der Waals surface area contributed by atoms with Gasteiger partial charge in [0.2, 0.25) is 0 Å². The zero-order valence-corrected chi connectivity index (χ0v) is 13.6. The van der Waals surface area contributed by atoms with Gasteiger partial charge in [0.25, 0.3) is 5.91 Å². The van der Waals surface area contributed by atoms with Gasteiger partial charge in [0.15, 0.2) is 5.65 Å². The number of amides is 1. The van der Waals surface area contributed by atoms with Crippen molar-refractivity contribution < 1.29 is 14.6 Å². The first kappa shape index (κ1) is 16.7. The number of nitrogens with zero attached hydrogens (tertiary/aromatic N) is 1. The fourth-order valence-corrected chi connectivity index (χ4v) is 2.65. The molecule has 0 aliphatic heterocycles. The summed E-state index contributed by atoms with van der Waals surface area (Å²) >= 11 is 0. The second-order valence-electron chi connectivity index (χ2n) is 5.47. The molecule has 1 atom stereocenters. The second kappa shape index (κ2) is 7.18. The fraction of sp³-hybridized carbons (Fsp3) is 0.235. The molecule has 0 aliphatic rings. The van der Waals surface area contributed by atoms with Gasteiger partial charge in [-0.3, -0.25) is 9.78 Å². The zero-order chi connectivity index (χ0) is 17.8. The van der Waals surface area contributed by atoms with Gasteiger partial charge in [-0.2, -0.15) is 0 Å². The van der Waals surface area contributed by atoms with Crippen molar-refractivity contribution in [1.29, 1.82) is 0 Å². The number of hydrogen-bond acceptors (Lipinski definition) is 5. The summed E-state index contributed by atoms with van der Waals surface area (Å²) in [5, 5.41) is 12.2. The highest BCUT2D eigenvalue weighted by Gasteiger charge is 2.18. The highest BCUT2D eigenvalue weighted by Crippen LogP contribution is 2.21. The number of aliphatic hydroxyl groups is 1. The smallest absolute Gasteiger partial charge is 0.325 e. The van der Waals surface area contributed by atoms with Gasteiger partial charge in [0, 0.05) is 12.8 Å². The van der Waals surface area contributed by atoms with Gasteiger partial charge in [-0.1, -0.05) is 12.1 Å². The third kappa shape index (κ3) is 3.53. The number of ether oxygens (including phenoxy) is 1. The maximum atomic E-state index is 12.7. The summed E-state index contributed by atoms with van der Waals surface area (Å²) in [4.78, 5) is 33.2. The average Bonchev–Trinajstić information content (AvgIpc) is 3.01. The van der Waals surface area contributed by atoms with Crippen LogP contribution in [0.4, 0.5) is 0 Å². The van der Waals surface area contributed by atoms with E-state index in [9.17, 15) is 14.7 Å². The highest BCUT2D eigenvalue weighted by molar-refractivity contribution is 6.04. The van der Waals surface area contributed by atoms with Crippen LogP contribution in [0.2, 0.25) is 0 Å². The van der Waals surface area contributed by atoms with Gasteiger partial charge >= 0.3 is 5.69 Å². The number of hydrogen-bond donors (Lipinski definition) is 4. The summed E-state index contributed by atoms with van der Waals surface area (Å²) in [6, 6.07) is 8.41. The maximum Gasteiger partial charge on any atom is 0.325 e. The van der Waals surface area contributed by atoms with Crippen LogP contribution in [-0.4, -0.2) is 39.7 Å². The molecule has 0 saturated heterocycles. The summed E-state index contributed by atoms with van der Waals surface area (Å²) in [7, 11) is 1.58. The number of benzene rings is 1. The predicted molar refractivity (Wildman–Crippen MR) is 91.6 cm³/mol. The quantitative estimate of drug-likeness (QED) is 0.535. The van der Waals surface area contributed by atoms with E-state index in [0.29, 0.717) is 28.9 Å². The molecular formula is C17H18N4O4. The molecule has 8 heteroatoms. The maximum absolute atomic E-state index is 12.7. The molecule has 3 aromatic rings. The van der Waals surface area contributed by atoms with Gasteiger partial charge in [-0.25, -0.2) is 9.78 Å². The number of pyridine rings is 1. The monoisotopic (exact) mass is 342 g/mol. The third-order valence-corrected chi connectivity index (χ3v) is 3.91. The highest BCUT2D eigenvalue weighted by atomic mass is 16.5. The number of carbonyl (C=O) groups is 1. The molecule has 1 aromatic carbocycles. The number of methoxy groups -OCH3 is 1. The number of aromatic nitrogens is 3. The summed E-state index contributed by atoms with van der Waals surface area (Å²) in [6.45, 7) is -0.0796. The van der Waals surface area contributed by atoms with Crippen LogP contribution in [0.5, 0.6) is 5.75 Å². The Morgan fingerprint density at radius 2 is 2.04 bits per heavy atom. The van der Waals surface area contributed by atoms with Gasteiger partial charge in [0.1, 0.15) is 5.75 Å². The first-order valence-electron chi connectivity index (χ1n) is 7.75. The van der Waals surface area contributed by atoms with Gasteiger partial charge in [-0.15, -0.1) is 0 Å². The Hall–Kier alpha value is -3.13. The third-order valence-electron chi connectivity index (χ3n) is 3.91. The van der Waals surface area contributed by atoms with E-state index in [1.807, 2.05) is 12.1 Å². The van der Waals surface area contributed by atoms with Crippen LogP contribution in [0.1, 0.15) is 28.4 Å². The lowest BCUT2D eigenvalue weighted by atomic mass is 10.0. The molecule has 1 amide bonds. The molecule has 2 heterocycles. The van der Waals surface area contributed by atoms with Crippen molar-refractivity contribution in [3.8, 4) is 5.75 Å². The van der Waals surface area contributed by atoms with Gasteiger partial charge in [-0.05, 0) is 30.2 Å². The molecule has 2 aromatic heterocycles. The van der Waals surface area contributed by atoms with Crippen LogP contribution in [0.25, 0.3) is 11.2 Å². The summed E-state index contributed by atoms with van der Waals surface area (Å²) in [5.41, 5.74) is 1.39. The number of H-pyrrole nitrogens is 2. The number of nitrogens with one attached hydrogen (secondary N) is 3. The second-order valence-corrected chi connectivity index (χ2v) is 5.47. The Bertz CT molecular complexity index is 930. The summed E-state index contributed by atoms with van der Waals surface area (Å²) < 4.78 is 5.13. The van der Waals surface area contributed by atoms with Crippen LogP contribution < -0.4 is 15.7 Å². The first-order chi connectivity index (χ1) is 12.1. The molecule has 130 valence electrons. The van der Waals surface area contributed by atoms with E-state index < -0.39 is 5.69 Å². The molecule has 0 aliphatic carbocycles. The molecule has 8 nitrogen and oxygen atoms in total. The fourth-order valence-electron chi connectivity index (χ4n) is 2.65. The van der Waals surface area contributed by atoms with Crippen molar-refractivity contribution >= 4 is 17.1 Å². The van der Waals surface area contributed by atoms with Crippen molar-refractivity contribution in [1.82, 2.24) is 20.3 Å². The molecule has 25 heavy (non-hydrogen) atoms. The van der Waals surface area contributed by atoms with E-state index in [1.54, 1.807) is 19.2 Å². The van der Waals surface area contributed by atoms with E-state index in [0.717, 1.165) is 5.56 Å². The molecule has 0 fully saturated rings. The number of imidazole rings is 1. The SMILES string of the molecule is COc1ccc(C(CCO)NC(=O)c2ccnc3[nH]c(=O)[nH]c23)cc1. The van der Waals surface area contributed by atoms with E-state index >= 15 is 0 Å². The minimum absolute atomic E-state index is 0.0796. The number of carbonyl (C=O) groups excluding carboxylic acids is 1. The van der Waals surface area contributed by atoms with Gasteiger partial charge in [0.05, 0.1) is 24.2 Å². The number of rotatable bonds is 6. The van der Waals surface area contributed by atoms with Crippen LogP contribution in [0, 0.1) is 0 Å². The minimum Gasteiger partial charge on any atom is -0.497 e. The standard InChI is InChI=1S/C17H18N4O4/c1-25-11-4-2-10(3-5-11)13(7-9-22)19-16(23)12-6-8-18-15-14(12)20-17(24)21-15/h2-6,8,13,22H,7,9H2,1H3,(H,19,23)(H2,18,20,21,24). The molecule has 0 bridgehead atoms. The molecule has 3 rings (SSSR count). The van der Waals surface area contributed by atoms with Crippen molar-refractivity contribution in [2.75, 3.05) is 13.7 Å². The van der Waals surface area contributed by atoms with Crippen molar-refractivity contribution in [3.05, 3.63) is 58.1 Å². The van der Waals surface area contributed by atoms with Crippen molar-refractivity contribution in [3.63, 3.8) is 0 Å². The predicted octanol–water partition coefficient (Wildman–Crippen LogP) is 1.11. The summed E-state index contributed by atoms with van der Waals surface area (Å²) in [6.07, 6.45) is 1.81. The number of fused-ring (bicyclic) bond motifs is 1. The average molecular weight is 342 g/mol. The molecule has 4 N–H and O–H groups in total. The van der Waals surface area contributed by atoms with Crippen LogP contribution in [0.15, 0.2) is 41.3 Å². The Kier molecular flexibility index (Phi) is 4.80. The normalized spacial score (nSPS) is 12.1. The molecular weight excluding hydrogens is 324 g/mol. The number of aromatic amines is 2. The number of aliphatic hydroxyl groups excluding tert-OH is 1. The lowest BCUT2D eigenvalue weighted by molar-refractivity contribution is 0.0931. The van der Waals surface area contributed by atoms with Crippen molar-refractivity contribution in [2.45, 2.75) is 12.5 Å². The molecule has 0 spiro atoms. The molecule has 0 radical (unpaired) electrons. The lowest BCUT2D eigenvalue weighted by Gasteiger charge is -2.19. The Morgan fingerprint density at radius 3 is 2.72 bits per heavy atom. The van der Waals surface area contributed by atoms with Crippen LogP contribution in [0.3, 0.4) is 0 Å². The lowest BCUT2D eigenvalue weighted by Crippen LogP contribution is -2.29. The van der Waals surface area contributed by atoms with E-state index in [1.165, 1.54) is 12.3 Å². The largest absolute Gasteiger partial charge is 0.497 e. The minimum atomic E-state index is -0.426. The first-order valence-corrected chi connectivity index (χ1v) is 7.75. The van der Waals surface area contributed by atoms with Gasteiger partial charge < -0.3 is 20.1 Å². The zero-order valence-electron chi connectivity index (χ0n) is 13.6.